The van der Waals surface area contributed by atoms with Crippen molar-refractivity contribution in [3.8, 4) is 11.4 Å². The average Bonchev–Trinajstić information content (AvgIpc) is 3.16. The Morgan fingerprint density at radius 2 is 1.76 bits per heavy atom. The van der Waals surface area contributed by atoms with Crippen LogP contribution in [0.3, 0.4) is 0 Å². The summed E-state index contributed by atoms with van der Waals surface area (Å²) < 4.78 is 30.4. The van der Waals surface area contributed by atoms with Crippen LogP contribution in [0, 0.1) is 0 Å². The number of aromatic nitrogens is 2. The topological polar surface area (TPSA) is 105 Å². The zero-order chi connectivity index (χ0) is 21.0. The predicted molar refractivity (Wildman–Crippen MR) is 109 cm³/mol. The molecule has 0 aliphatic rings. The third-order valence-corrected chi connectivity index (χ3v) is 6.13. The van der Waals surface area contributed by atoms with Crippen LogP contribution in [-0.4, -0.2) is 42.9 Å². The highest BCUT2D eigenvalue weighted by Gasteiger charge is 2.17. The van der Waals surface area contributed by atoms with Crippen LogP contribution < -0.4 is 5.32 Å². The van der Waals surface area contributed by atoms with E-state index in [2.05, 4.69) is 15.5 Å². The maximum atomic E-state index is 12.1. The minimum atomic E-state index is -3.51. The number of hydrogen-bond donors (Lipinski definition) is 1. The van der Waals surface area contributed by atoms with Gasteiger partial charge in [-0.15, -0.1) is 0 Å². The standard InChI is InChI=1S/C19H19ClN4O4S/c1-24(2)29(26,27)16-9-7-15(8-10-16)21-17(25)11-12-18-22-19(23-28-18)13-3-5-14(20)6-4-13/h3-10H,11-12H2,1-2H3,(H,21,25). The van der Waals surface area contributed by atoms with Crippen LogP contribution in [0.25, 0.3) is 11.4 Å². The maximum Gasteiger partial charge on any atom is 0.242 e. The van der Waals surface area contributed by atoms with E-state index in [1.807, 2.05) is 0 Å². The minimum Gasteiger partial charge on any atom is -0.339 e. The van der Waals surface area contributed by atoms with E-state index < -0.39 is 10.0 Å². The molecule has 152 valence electrons. The molecule has 0 fully saturated rings. The lowest BCUT2D eigenvalue weighted by molar-refractivity contribution is -0.116. The molecular weight excluding hydrogens is 416 g/mol. The second-order valence-electron chi connectivity index (χ2n) is 6.38. The van der Waals surface area contributed by atoms with Crippen LogP contribution in [-0.2, 0) is 21.2 Å². The summed E-state index contributed by atoms with van der Waals surface area (Å²) in [5.74, 6) is 0.520. The normalized spacial score (nSPS) is 11.6. The van der Waals surface area contributed by atoms with Crippen molar-refractivity contribution in [1.29, 1.82) is 0 Å². The zero-order valence-electron chi connectivity index (χ0n) is 15.8. The Hall–Kier alpha value is -2.75. The Labute approximate surface area is 173 Å². The number of anilines is 1. The van der Waals surface area contributed by atoms with E-state index in [4.69, 9.17) is 16.1 Å². The number of benzene rings is 2. The number of rotatable bonds is 7. The molecule has 0 bridgehead atoms. The van der Waals surface area contributed by atoms with Gasteiger partial charge in [-0.05, 0) is 48.5 Å². The van der Waals surface area contributed by atoms with Gasteiger partial charge in [0.2, 0.25) is 27.6 Å². The first-order valence-corrected chi connectivity index (χ1v) is 10.5. The maximum absolute atomic E-state index is 12.1. The molecule has 0 aliphatic carbocycles. The van der Waals surface area contributed by atoms with Gasteiger partial charge in [-0.2, -0.15) is 4.98 Å². The quantitative estimate of drug-likeness (QED) is 0.612. The fourth-order valence-electron chi connectivity index (χ4n) is 2.44. The van der Waals surface area contributed by atoms with Gasteiger partial charge in [0.05, 0.1) is 4.90 Å². The number of aryl methyl sites for hydroxylation is 1. The van der Waals surface area contributed by atoms with Crippen molar-refractivity contribution < 1.29 is 17.7 Å². The van der Waals surface area contributed by atoms with Crippen LogP contribution >= 0.6 is 11.6 Å². The van der Waals surface area contributed by atoms with E-state index in [9.17, 15) is 13.2 Å². The Balaban J connectivity index is 1.56. The number of amides is 1. The molecule has 2 aromatic carbocycles. The molecule has 0 radical (unpaired) electrons. The van der Waals surface area contributed by atoms with Crippen molar-refractivity contribution in [2.75, 3.05) is 19.4 Å². The molecule has 0 unspecified atom stereocenters. The fourth-order valence-corrected chi connectivity index (χ4v) is 3.47. The van der Waals surface area contributed by atoms with Crippen LogP contribution in [0.5, 0.6) is 0 Å². The molecule has 0 aliphatic heterocycles. The van der Waals surface area contributed by atoms with E-state index in [1.54, 1.807) is 36.4 Å². The third kappa shape index (κ3) is 5.20. The molecular formula is C19H19ClN4O4S. The van der Waals surface area contributed by atoms with E-state index in [0.29, 0.717) is 22.4 Å². The smallest absolute Gasteiger partial charge is 0.242 e. The number of sulfonamides is 1. The minimum absolute atomic E-state index is 0.139. The van der Waals surface area contributed by atoms with Crippen molar-refractivity contribution in [1.82, 2.24) is 14.4 Å². The van der Waals surface area contributed by atoms with Gasteiger partial charge < -0.3 is 9.84 Å². The second-order valence-corrected chi connectivity index (χ2v) is 8.97. The summed E-state index contributed by atoms with van der Waals surface area (Å²) in [6, 6.07) is 13.0. The number of nitrogens with zero attached hydrogens (tertiary/aromatic N) is 3. The predicted octanol–water partition coefficient (Wildman–Crippen LogP) is 3.21. The first-order valence-electron chi connectivity index (χ1n) is 8.66. The summed E-state index contributed by atoms with van der Waals surface area (Å²) in [4.78, 5) is 16.6. The summed E-state index contributed by atoms with van der Waals surface area (Å²) in [5.41, 5.74) is 1.27. The van der Waals surface area contributed by atoms with Crippen molar-refractivity contribution in [3.63, 3.8) is 0 Å². The molecule has 0 spiro atoms. The van der Waals surface area contributed by atoms with Crippen molar-refractivity contribution in [3.05, 3.63) is 59.4 Å². The van der Waals surface area contributed by atoms with E-state index in [1.165, 1.54) is 26.2 Å². The molecule has 1 aromatic heterocycles. The van der Waals surface area contributed by atoms with Crippen molar-refractivity contribution >= 4 is 33.2 Å². The van der Waals surface area contributed by atoms with Gasteiger partial charge in [-0.1, -0.05) is 16.8 Å². The third-order valence-electron chi connectivity index (χ3n) is 4.05. The van der Waals surface area contributed by atoms with Crippen LogP contribution in [0.1, 0.15) is 12.3 Å². The van der Waals surface area contributed by atoms with Gasteiger partial charge in [0, 0.05) is 43.2 Å². The van der Waals surface area contributed by atoms with Crippen LogP contribution in [0.15, 0.2) is 57.9 Å². The first-order chi connectivity index (χ1) is 13.8. The Kier molecular flexibility index (Phi) is 6.31. The summed E-state index contributed by atoms with van der Waals surface area (Å²) >= 11 is 5.86. The number of carbonyl (C=O) groups is 1. The van der Waals surface area contributed by atoms with Gasteiger partial charge in [0.15, 0.2) is 0 Å². The van der Waals surface area contributed by atoms with E-state index in [0.717, 1.165) is 9.87 Å². The lowest BCUT2D eigenvalue weighted by Gasteiger charge is -2.11. The van der Waals surface area contributed by atoms with Crippen molar-refractivity contribution in [2.45, 2.75) is 17.7 Å². The lowest BCUT2D eigenvalue weighted by atomic mass is 10.2. The molecule has 10 heteroatoms. The first kappa shape index (κ1) is 21.0. The Morgan fingerprint density at radius 3 is 2.38 bits per heavy atom. The zero-order valence-corrected chi connectivity index (χ0v) is 17.4. The van der Waals surface area contributed by atoms with E-state index >= 15 is 0 Å². The fraction of sp³-hybridized carbons (Fsp3) is 0.211. The molecule has 0 saturated heterocycles. The molecule has 3 aromatic rings. The highest BCUT2D eigenvalue weighted by atomic mass is 35.5. The molecule has 1 amide bonds. The van der Waals surface area contributed by atoms with Crippen LogP contribution in [0.4, 0.5) is 5.69 Å². The largest absolute Gasteiger partial charge is 0.339 e. The monoisotopic (exact) mass is 434 g/mol. The molecule has 1 N–H and O–H groups in total. The number of carbonyl (C=O) groups excluding carboxylic acids is 1. The van der Waals surface area contributed by atoms with Gasteiger partial charge in [0.25, 0.3) is 0 Å². The van der Waals surface area contributed by atoms with E-state index in [-0.39, 0.29) is 23.6 Å². The molecule has 1 heterocycles. The second kappa shape index (κ2) is 8.73. The summed E-state index contributed by atoms with van der Waals surface area (Å²) in [7, 11) is -0.587. The average molecular weight is 435 g/mol. The molecule has 3 rings (SSSR count). The Morgan fingerprint density at radius 1 is 1.10 bits per heavy atom. The number of halogens is 1. The molecule has 0 atom stereocenters. The van der Waals surface area contributed by atoms with Gasteiger partial charge in [0.1, 0.15) is 0 Å². The number of hydrogen-bond acceptors (Lipinski definition) is 6. The summed E-state index contributed by atoms with van der Waals surface area (Å²) in [6.07, 6.45) is 0.416. The van der Waals surface area contributed by atoms with Gasteiger partial charge >= 0.3 is 0 Å². The molecule has 0 saturated carbocycles. The molecule has 29 heavy (non-hydrogen) atoms. The highest BCUT2D eigenvalue weighted by Crippen LogP contribution is 2.19. The lowest BCUT2D eigenvalue weighted by Crippen LogP contribution is -2.22. The highest BCUT2D eigenvalue weighted by molar-refractivity contribution is 7.89. The van der Waals surface area contributed by atoms with Gasteiger partial charge in [-0.25, -0.2) is 12.7 Å². The molecule has 8 nitrogen and oxygen atoms in total. The number of nitrogens with one attached hydrogen (secondary N) is 1. The van der Waals surface area contributed by atoms with Crippen molar-refractivity contribution in [2.24, 2.45) is 0 Å². The Bertz CT molecular complexity index is 1090. The summed E-state index contributed by atoms with van der Waals surface area (Å²) in [6.45, 7) is 0. The van der Waals surface area contributed by atoms with Crippen LogP contribution in [0.2, 0.25) is 5.02 Å². The SMILES string of the molecule is CN(C)S(=O)(=O)c1ccc(NC(=O)CCc2nc(-c3ccc(Cl)cc3)no2)cc1. The van der Waals surface area contributed by atoms with Gasteiger partial charge in [-0.3, -0.25) is 4.79 Å². The summed E-state index contributed by atoms with van der Waals surface area (Å²) in [5, 5.41) is 7.23.